The van der Waals surface area contributed by atoms with Crippen molar-refractivity contribution in [2.75, 3.05) is 0 Å². The summed E-state index contributed by atoms with van der Waals surface area (Å²) < 4.78 is 0. The molecule has 2 nitrogen and oxygen atoms in total. The molecule has 1 aromatic heterocycles. The maximum atomic E-state index is 11.3. The van der Waals surface area contributed by atoms with Crippen LogP contribution in [-0.4, -0.2) is 16.2 Å². The van der Waals surface area contributed by atoms with Crippen LogP contribution in [-0.2, 0) is 11.0 Å². The fourth-order valence-corrected chi connectivity index (χ4v) is 4.83. The highest BCUT2D eigenvalue weighted by Crippen LogP contribution is 2.52. The molecule has 2 heterocycles. The number of aryl methyl sites for hydroxylation is 1. The molecule has 0 bridgehead atoms. The van der Waals surface area contributed by atoms with Gasteiger partial charge in [0.25, 0.3) is 0 Å². The van der Waals surface area contributed by atoms with Crippen molar-refractivity contribution in [3.8, 4) is 0 Å². The summed E-state index contributed by atoms with van der Waals surface area (Å²) in [4.78, 5) is 2.64. The summed E-state index contributed by atoms with van der Waals surface area (Å²) >= 11 is 1.84. The van der Waals surface area contributed by atoms with Gasteiger partial charge in [0, 0.05) is 31.8 Å². The molecule has 0 saturated heterocycles. The second-order valence-corrected chi connectivity index (χ2v) is 9.28. The van der Waals surface area contributed by atoms with Gasteiger partial charge in [-0.15, -0.1) is 11.3 Å². The van der Waals surface area contributed by atoms with Crippen LogP contribution in [0.1, 0.15) is 69.3 Å². The molecule has 20 heavy (non-hydrogen) atoms. The minimum atomic E-state index is -0.887. The van der Waals surface area contributed by atoms with Gasteiger partial charge in [-0.1, -0.05) is 13.8 Å². The van der Waals surface area contributed by atoms with Crippen LogP contribution in [0.5, 0.6) is 0 Å². The van der Waals surface area contributed by atoms with E-state index in [0.717, 1.165) is 5.56 Å². The molecule has 1 atom stereocenters. The lowest BCUT2D eigenvalue weighted by molar-refractivity contribution is -0.0367. The number of rotatable bonds is 0. The van der Waals surface area contributed by atoms with Gasteiger partial charge in [-0.25, -0.2) is 0 Å². The van der Waals surface area contributed by atoms with Gasteiger partial charge in [-0.2, -0.15) is 0 Å². The zero-order valence-corrected chi connectivity index (χ0v) is 15.2. The summed E-state index contributed by atoms with van der Waals surface area (Å²) in [5.74, 6) is 0. The first-order valence-electron chi connectivity index (χ1n) is 7.38. The molecular formula is C17H29NOS. The van der Waals surface area contributed by atoms with Crippen LogP contribution in [0.4, 0.5) is 0 Å². The fraction of sp³-hybridized carbons (Fsp3) is 0.765. The molecule has 0 radical (unpaired) electrons. The first-order chi connectivity index (χ1) is 8.76. The van der Waals surface area contributed by atoms with Gasteiger partial charge in [-0.05, 0) is 54.0 Å². The average Bonchev–Trinajstić information content (AvgIpc) is 2.52. The normalized spacial score (nSPS) is 30.7. The van der Waals surface area contributed by atoms with Crippen molar-refractivity contribution in [1.29, 1.82) is 0 Å². The molecule has 1 unspecified atom stereocenters. The first kappa shape index (κ1) is 16.0. The van der Waals surface area contributed by atoms with Crippen molar-refractivity contribution in [1.82, 2.24) is 5.32 Å². The average molecular weight is 295 g/mol. The van der Waals surface area contributed by atoms with Crippen molar-refractivity contribution in [3.05, 3.63) is 20.9 Å². The fourth-order valence-electron chi connectivity index (χ4n) is 3.31. The lowest BCUT2D eigenvalue weighted by atomic mass is 9.72. The Morgan fingerprint density at radius 1 is 0.900 bits per heavy atom. The minimum absolute atomic E-state index is 0.0379. The van der Waals surface area contributed by atoms with Gasteiger partial charge < -0.3 is 10.4 Å². The molecule has 2 rings (SSSR count). The Hall–Kier alpha value is -0.380. The predicted octanol–water partition coefficient (Wildman–Crippen LogP) is 4.01. The minimum Gasteiger partial charge on any atom is -0.383 e. The molecule has 0 spiro atoms. The van der Waals surface area contributed by atoms with Crippen LogP contribution in [0.2, 0.25) is 0 Å². The monoisotopic (exact) mass is 295 g/mol. The Morgan fingerprint density at radius 3 is 1.90 bits per heavy atom. The zero-order chi connectivity index (χ0) is 15.7. The van der Waals surface area contributed by atoms with Gasteiger partial charge in [0.2, 0.25) is 0 Å². The molecule has 3 heteroatoms. The number of hydrogen-bond acceptors (Lipinski definition) is 3. The van der Waals surface area contributed by atoms with E-state index in [1.54, 1.807) is 0 Å². The molecule has 1 aromatic rings. The number of thiophene rings is 1. The van der Waals surface area contributed by atoms with Gasteiger partial charge in [0.15, 0.2) is 0 Å². The van der Waals surface area contributed by atoms with Crippen LogP contribution in [0.3, 0.4) is 0 Å². The summed E-state index contributed by atoms with van der Waals surface area (Å²) in [6, 6.07) is 0. The summed E-state index contributed by atoms with van der Waals surface area (Å²) in [6.07, 6.45) is 0. The second kappa shape index (κ2) is 4.08. The standard InChI is InChI=1S/C17H29NOS/c1-10-11(2)20-13-12(10)17(9,19)16(7,8)18-15(5,6)14(13,3)4/h18-19H,1-9H3. The number of nitrogens with one attached hydrogen (secondary N) is 1. The zero-order valence-electron chi connectivity index (χ0n) is 14.4. The Balaban J connectivity index is 2.89. The quantitative estimate of drug-likeness (QED) is 0.758. The Labute approximate surface area is 127 Å². The predicted molar refractivity (Wildman–Crippen MR) is 87.7 cm³/mol. The third-order valence-electron chi connectivity index (χ3n) is 5.84. The molecule has 0 aliphatic carbocycles. The van der Waals surface area contributed by atoms with Crippen molar-refractivity contribution >= 4 is 11.3 Å². The molecule has 0 aromatic carbocycles. The van der Waals surface area contributed by atoms with Crippen LogP contribution in [0, 0.1) is 13.8 Å². The smallest absolute Gasteiger partial charge is 0.106 e. The highest BCUT2D eigenvalue weighted by molar-refractivity contribution is 7.12. The van der Waals surface area contributed by atoms with Crippen molar-refractivity contribution < 1.29 is 5.11 Å². The number of aliphatic hydroxyl groups is 1. The van der Waals surface area contributed by atoms with E-state index in [0.29, 0.717) is 0 Å². The van der Waals surface area contributed by atoms with E-state index in [9.17, 15) is 5.11 Å². The summed E-state index contributed by atoms with van der Waals surface area (Å²) in [7, 11) is 0. The first-order valence-corrected chi connectivity index (χ1v) is 8.20. The van der Waals surface area contributed by atoms with Crippen molar-refractivity contribution in [2.45, 2.75) is 84.4 Å². The van der Waals surface area contributed by atoms with Crippen LogP contribution >= 0.6 is 11.3 Å². The molecule has 1 aliphatic heterocycles. The lowest BCUT2D eigenvalue weighted by Crippen LogP contribution is -2.64. The Morgan fingerprint density at radius 2 is 1.40 bits per heavy atom. The van der Waals surface area contributed by atoms with E-state index in [2.05, 4.69) is 60.7 Å². The van der Waals surface area contributed by atoms with Gasteiger partial charge >= 0.3 is 0 Å². The van der Waals surface area contributed by atoms with Crippen molar-refractivity contribution in [2.24, 2.45) is 0 Å². The third-order valence-corrected chi connectivity index (χ3v) is 7.38. The van der Waals surface area contributed by atoms with Crippen LogP contribution in [0.15, 0.2) is 0 Å². The topological polar surface area (TPSA) is 32.3 Å². The Kier molecular flexibility index (Phi) is 3.27. The van der Waals surface area contributed by atoms with Gasteiger partial charge in [0.1, 0.15) is 5.60 Å². The number of hydrogen-bond donors (Lipinski definition) is 2. The van der Waals surface area contributed by atoms with E-state index < -0.39 is 11.1 Å². The van der Waals surface area contributed by atoms with E-state index in [4.69, 9.17) is 0 Å². The van der Waals surface area contributed by atoms with E-state index >= 15 is 0 Å². The van der Waals surface area contributed by atoms with Crippen LogP contribution < -0.4 is 5.32 Å². The summed E-state index contributed by atoms with van der Waals surface area (Å²) in [6.45, 7) is 19.5. The Bertz CT molecular complexity index is 550. The van der Waals surface area contributed by atoms with E-state index in [1.807, 2.05) is 18.3 Å². The van der Waals surface area contributed by atoms with Gasteiger partial charge in [-0.3, -0.25) is 0 Å². The molecule has 114 valence electrons. The maximum Gasteiger partial charge on any atom is 0.106 e. The third kappa shape index (κ3) is 1.83. The van der Waals surface area contributed by atoms with Crippen molar-refractivity contribution in [3.63, 3.8) is 0 Å². The van der Waals surface area contributed by atoms with Crippen LogP contribution in [0.25, 0.3) is 0 Å². The SMILES string of the molecule is Cc1sc2c(c1C)C(C)(O)C(C)(C)NC(C)(C)C2(C)C. The van der Waals surface area contributed by atoms with E-state index in [1.165, 1.54) is 15.3 Å². The summed E-state index contributed by atoms with van der Waals surface area (Å²) in [5.41, 5.74) is 0.961. The molecular weight excluding hydrogens is 266 g/mol. The molecule has 2 N–H and O–H groups in total. The molecule has 1 aliphatic rings. The maximum absolute atomic E-state index is 11.3. The molecule has 0 saturated carbocycles. The highest BCUT2D eigenvalue weighted by atomic mass is 32.1. The highest BCUT2D eigenvalue weighted by Gasteiger charge is 2.55. The lowest BCUT2D eigenvalue weighted by Gasteiger charge is -2.47. The van der Waals surface area contributed by atoms with E-state index in [-0.39, 0.29) is 11.0 Å². The largest absolute Gasteiger partial charge is 0.383 e. The van der Waals surface area contributed by atoms with Gasteiger partial charge in [0.05, 0.1) is 0 Å². The number of fused-ring (bicyclic) bond motifs is 1. The molecule has 0 amide bonds. The molecule has 0 fully saturated rings. The summed E-state index contributed by atoms with van der Waals surface area (Å²) in [5, 5.41) is 15.0. The second-order valence-electron chi connectivity index (χ2n) is 8.06.